The van der Waals surface area contributed by atoms with E-state index in [1.54, 1.807) is 0 Å². The third kappa shape index (κ3) is 2.18. The fourth-order valence-electron chi connectivity index (χ4n) is 4.01. The predicted octanol–water partition coefficient (Wildman–Crippen LogP) is 2.36. The maximum absolute atomic E-state index is 12.4. The Morgan fingerprint density at radius 2 is 1.89 bits per heavy atom. The number of piperidine rings is 1. The number of amides is 1. The van der Waals surface area contributed by atoms with Gasteiger partial charge in [-0.05, 0) is 51.5 Å². The highest BCUT2D eigenvalue weighted by Crippen LogP contribution is 2.40. The van der Waals surface area contributed by atoms with Crippen molar-refractivity contribution < 1.29 is 4.79 Å². The van der Waals surface area contributed by atoms with E-state index in [1.165, 1.54) is 32.1 Å². The minimum Gasteiger partial charge on any atom is -0.353 e. The average Bonchev–Trinajstić information content (AvgIpc) is 2.76. The zero-order valence-electron chi connectivity index (χ0n) is 11.6. The van der Waals surface area contributed by atoms with Crippen molar-refractivity contribution in [3.63, 3.8) is 0 Å². The fourth-order valence-corrected chi connectivity index (χ4v) is 4.01. The maximum Gasteiger partial charge on any atom is 0.226 e. The van der Waals surface area contributed by atoms with E-state index in [9.17, 15) is 4.79 Å². The van der Waals surface area contributed by atoms with E-state index in [0.717, 1.165) is 32.2 Å². The Morgan fingerprint density at radius 3 is 2.50 bits per heavy atom. The first-order chi connectivity index (χ1) is 8.62. The monoisotopic (exact) mass is 250 g/mol. The van der Waals surface area contributed by atoms with Gasteiger partial charge in [0.2, 0.25) is 5.91 Å². The van der Waals surface area contributed by atoms with Crippen LogP contribution in [-0.4, -0.2) is 24.0 Å². The highest BCUT2D eigenvalue weighted by molar-refractivity contribution is 5.82. The molecule has 1 spiro atoms. The van der Waals surface area contributed by atoms with Crippen LogP contribution in [0.1, 0.15) is 64.7 Å². The Balaban J connectivity index is 1.57. The minimum absolute atomic E-state index is 0.0718. The molecule has 2 aliphatic carbocycles. The van der Waals surface area contributed by atoms with Crippen LogP contribution in [0.4, 0.5) is 0 Å². The van der Waals surface area contributed by atoms with Crippen molar-refractivity contribution in [3.05, 3.63) is 0 Å². The van der Waals surface area contributed by atoms with Crippen molar-refractivity contribution in [1.82, 2.24) is 10.6 Å². The lowest BCUT2D eigenvalue weighted by Gasteiger charge is -2.48. The molecule has 0 aromatic heterocycles. The molecule has 0 aromatic rings. The van der Waals surface area contributed by atoms with Gasteiger partial charge < -0.3 is 10.6 Å². The lowest BCUT2D eigenvalue weighted by Crippen LogP contribution is -2.60. The van der Waals surface area contributed by atoms with Gasteiger partial charge in [-0.25, -0.2) is 0 Å². The molecule has 1 heterocycles. The summed E-state index contributed by atoms with van der Waals surface area (Å²) in [5.41, 5.74) is 0.310. The quantitative estimate of drug-likeness (QED) is 0.790. The summed E-state index contributed by atoms with van der Waals surface area (Å²) >= 11 is 0. The molecule has 3 nitrogen and oxygen atoms in total. The molecule has 0 aromatic carbocycles. The second kappa shape index (κ2) is 4.52. The number of carbonyl (C=O) groups is 1. The summed E-state index contributed by atoms with van der Waals surface area (Å²) in [6.07, 6.45) is 10.8. The van der Waals surface area contributed by atoms with Crippen molar-refractivity contribution in [3.8, 4) is 0 Å². The van der Waals surface area contributed by atoms with Crippen LogP contribution in [0.2, 0.25) is 0 Å². The molecule has 1 saturated heterocycles. The van der Waals surface area contributed by atoms with Crippen molar-refractivity contribution in [2.75, 3.05) is 6.54 Å². The summed E-state index contributed by atoms with van der Waals surface area (Å²) < 4.78 is 0. The van der Waals surface area contributed by atoms with Gasteiger partial charge in [-0.15, -0.1) is 0 Å². The lowest BCUT2D eigenvalue weighted by molar-refractivity contribution is -0.131. The van der Waals surface area contributed by atoms with E-state index in [1.807, 2.05) is 0 Å². The van der Waals surface area contributed by atoms with Crippen LogP contribution in [0.25, 0.3) is 0 Å². The van der Waals surface area contributed by atoms with Gasteiger partial charge in [-0.2, -0.15) is 0 Å². The number of nitrogens with one attached hydrogen (secondary N) is 2. The maximum atomic E-state index is 12.4. The summed E-state index contributed by atoms with van der Waals surface area (Å²) in [5, 5.41) is 7.01. The van der Waals surface area contributed by atoms with Gasteiger partial charge in [0.25, 0.3) is 0 Å². The van der Waals surface area contributed by atoms with Crippen molar-refractivity contribution >= 4 is 5.91 Å². The highest BCUT2D eigenvalue weighted by Gasteiger charge is 2.43. The molecule has 0 bridgehead atoms. The molecule has 3 aliphatic rings. The van der Waals surface area contributed by atoms with E-state index < -0.39 is 0 Å². The molecule has 0 radical (unpaired) electrons. The van der Waals surface area contributed by atoms with Gasteiger partial charge in [-0.3, -0.25) is 4.79 Å². The Kier molecular flexibility index (Phi) is 3.13. The van der Waals surface area contributed by atoms with Crippen LogP contribution < -0.4 is 10.6 Å². The van der Waals surface area contributed by atoms with E-state index in [4.69, 9.17) is 0 Å². The number of hydrogen-bond acceptors (Lipinski definition) is 2. The average molecular weight is 250 g/mol. The van der Waals surface area contributed by atoms with Gasteiger partial charge in [0.1, 0.15) is 0 Å². The SMILES string of the molecule is CC1(C(=O)NC2CCNC3(CCC3)C2)CCCC1. The first-order valence-electron chi connectivity index (χ1n) is 7.68. The predicted molar refractivity (Wildman–Crippen MR) is 72.3 cm³/mol. The van der Waals surface area contributed by atoms with Crippen LogP contribution in [0.5, 0.6) is 0 Å². The molecule has 2 N–H and O–H groups in total. The summed E-state index contributed by atoms with van der Waals surface area (Å²) in [4.78, 5) is 12.4. The molecule has 102 valence electrons. The Labute approximate surface area is 110 Å². The molecule has 1 unspecified atom stereocenters. The Bertz CT molecular complexity index is 329. The van der Waals surface area contributed by atoms with Crippen LogP contribution in [0.3, 0.4) is 0 Å². The lowest BCUT2D eigenvalue weighted by atomic mass is 9.70. The number of carbonyl (C=O) groups excluding carboxylic acids is 1. The molecular weight excluding hydrogens is 224 g/mol. The second-order valence-electron chi connectivity index (χ2n) is 6.99. The summed E-state index contributed by atoms with van der Waals surface area (Å²) in [6.45, 7) is 3.22. The summed E-state index contributed by atoms with van der Waals surface area (Å²) in [5.74, 6) is 0.321. The molecule has 18 heavy (non-hydrogen) atoms. The summed E-state index contributed by atoms with van der Waals surface area (Å²) in [7, 11) is 0. The molecule has 3 rings (SSSR count). The van der Waals surface area contributed by atoms with E-state index in [2.05, 4.69) is 17.6 Å². The molecule has 1 aliphatic heterocycles. The normalized spacial score (nSPS) is 33.1. The van der Waals surface area contributed by atoms with Gasteiger partial charge in [0, 0.05) is 17.0 Å². The van der Waals surface area contributed by atoms with Crippen LogP contribution in [-0.2, 0) is 4.79 Å². The van der Waals surface area contributed by atoms with Gasteiger partial charge >= 0.3 is 0 Å². The Hall–Kier alpha value is -0.570. The fraction of sp³-hybridized carbons (Fsp3) is 0.933. The second-order valence-corrected chi connectivity index (χ2v) is 6.99. The number of hydrogen-bond donors (Lipinski definition) is 2. The molecule has 3 fully saturated rings. The van der Waals surface area contributed by atoms with Gasteiger partial charge in [0.05, 0.1) is 0 Å². The largest absolute Gasteiger partial charge is 0.353 e. The third-order valence-electron chi connectivity index (χ3n) is 5.53. The molecule has 2 saturated carbocycles. The van der Waals surface area contributed by atoms with Crippen molar-refractivity contribution in [1.29, 1.82) is 0 Å². The first-order valence-corrected chi connectivity index (χ1v) is 7.68. The standard InChI is InChI=1S/C15H26N2O/c1-14(6-2-3-7-14)13(18)17-12-5-10-16-15(11-12)8-4-9-15/h12,16H,2-11H2,1H3,(H,17,18). The topological polar surface area (TPSA) is 41.1 Å². The molecule has 3 heteroatoms. The summed E-state index contributed by atoms with van der Waals surface area (Å²) in [6, 6.07) is 0.413. The zero-order chi connectivity index (χ0) is 12.6. The highest BCUT2D eigenvalue weighted by atomic mass is 16.2. The van der Waals surface area contributed by atoms with Gasteiger partial charge in [-0.1, -0.05) is 19.8 Å². The van der Waals surface area contributed by atoms with Crippen LogP contribution >= 0.6 is 0 Å². The molecular formula is C15H26N2O. The molecule has 1 amide bonds. The van der Waals surface area contributed by atoms with Crippen LogP contribution in [0.15, 0.2) is 0 Å². The zero-order valence-corrected chi connectivity index (χ0v) is 11.6. The van der Waals surface area contributed by atoms with Crippen molar-refractivity contribution in [2.24, 2.45) is 5.41 Å². The smallest absolute Gasteiger partial charge is 0.226 e. The third-order valence-corrected chi connectivity index (χ3v) is 5.53. The number of rotatable bonds is 2. The van der Waals surface area contributed by atoms with E-state index in [-0.39, 0.29) is 5.41 Å². The van der Waals surface area contributed by atoms with Crippen LogP contribution in [0, 0.1) is 5.41 Å². The first kappa shape index (κ1) is 12.5. The molecule has 1 atom stereocenters. The van der Waals surface area contributed by atoms with E-state index >= 15 is 0 Å². The van der Waals surface area contributed by atoms with Gasteiger partial charge in [0.15, 0.2) is 0 Å². The van der Waals surface area contributed by atoms with E-state index in [0.29, 0.717) is 17.5 Å². The Morgan fingerprint density at radius 1 is 1.17 bits per heavy atom. The van der Waals surface area contributed by atoms with Crippen molar-refractivity contribution in [2.45, 2.75) is 76.3 Å². The minimum atomic E-state index is -0.0718.